The molecule has 0 aromatic heterocycles. The van der Waals surface area contributed by atoms with E-state index >= 15 is 0 Å². The molecule has 0 saturated carbocycles. The summed E-state index contributed by atoms with van der Waals surface area (Å²) in [4.78, 5) is 25.4. The average Bonchev–Trinajstić information content (AvgIpc) is 2.85. The molecule has 2 aliphatic heterocycles. The summed E-state index contributed by atoms with van der Waals surface area (Å²) in [7, 11) is 1.44. The molecule has 2 heterocycles. The second-order valence-electron chi connectivity index (χ2n) is 5.46. The van der Waals surface area contributed by atoms with Crippen LogP contribution in [0.15, 0.2) is 0 Å². The van der Waals surface area contributed by atoms with E-state index in [1.165, 1.54) is 11.9 Å². The van der Waals surface area contributed by atoms with Crippen LogP contribution < -0.4 is 5.32 Å². The zero-order chi connectivity index (χ0) is 14.9. The molecular formula is C12H18F3N3O2. The highest BCUT2D eigenvalue weighted by Gasteiger charge is 2.37. The van der Waals surface area contributed by atoms with Gasteiger partial charge in [0.05, 0.1) is 19.0 Å². The average molecular weight is 293 g/mol. The standard InChI is InChI=1S/C12H18F3N3O2/c1-17-10(19)4-9(11(17)20)16-5-8-2-3-18(6-8)7-12(13,14)15/h8-9,16H,2-7H2,1H3. The van der Waals surface area contributed by atoms with E-state index in [2.05, 4.69) is 5.32 Å². The molecule has 2 aliphatic rings. The molecule has 114 valence electrons. The number of hydrogen-bond donors (Lipinski definition) is 1. The van der Waals surface area contributed by atoms with Crippen molar-refractivity contribution in [2.45, 2.75) is 25.1 Å². The van der Waals surface area contributed by atoms with Crippen LogP contribution in [0.3, 0.4) is 0 Å². The molecule has 2 atom stereocenters. The first-order valence-electron chi connectivity index (χ1n) is 6.59. The van der Waals surface area contributed by atoms with Crippen LogP contribution in [-0.4, -0.2) is 67.1 Å². The Balaban J connectivity index is 1.74. The van der Waals surface area contributed by atoms with E-state index in [-0.39, 0.29) is 24.2 Å². The van der Waals surface area contributed by atoms with Gasteiger partial charge in [-0.3, -0.25) is 19.4 Å². The summed E-state index contributed by atoms with van der Waals surface area (Å²) < 4.78 is 36.8. The van der Waals surface area contributed by atoms with Crippen molar-refractivity contribution < 1.29 is 22.8 Å². The van der Waals surface area contributed by atoms with Gasteiger partial charge in [-0.1, -0.05) is 0 Å². The maximum atomic E-state index is 12.3. The van der Waals surface area contributed by atoms with Gasteiger partial charge < -0.3 is 5.32 Å². The van der Waals surface area contributed by atoms with Gasteiger partial charge in [0.1, 0.15) is 0 Å². The van der Waals surface area contributed by atoms with E-state index in [1.54, 1.807) is 0 Å². The Labute approximate surface area is 115 Å². The molecular weight excluding hydrogens is 275 g/mol. The molecule has 2 saturated heterocycles. The summed E-state index contributed by atoms with van der Waals surface area (Å²) in [6.07, 6.45) is -3.36. The Bertz CT molecular complexity index is 400. The highest BCUT2D eigenvalue weighted by atomic mass is 19.4. The number of alkyl halides is 3. The van der Waals surface area contributed by atoms with Crippen LogP contribution in [0, 0.1) is 5.92 Å². The molecule has 20 heavy (non-hydrogen) atoms. The normalized spacial score (nSPS) is 28.7. The molecule has 2 rings (SSSR count). The van der Waals surface area contributed by atoms with E-state index < -0.39 is 18.8 Å². The van der Waals surface area contributed by atoms with Crippen molar-refractivity contribution in [1.82, 2.24) is 15.1 Å². The molecule has 0 aromatic rings. The van der Waals surface area contributed by atoms with Gasteiger partial charge >= 0.3 is 6.18 Å². The molecule has 1 N–H and O–H groups in total. The molecule has 0 spiro atoms. The van der Waals surface area contributed by atoms with E-state index in [0.717, 1.165) is 4.90 Å². The number of imide groups is 1. The van der Waals surface area contributed by atoms with Crippen molar-refractivity contribution in [3.8, 4) is 0 Å². The topological polar surface area (TPSA) is 52.7 Å². The van der Waals surface area contributed by atoms with Crippen molar-refractivity contribution in [2.75, 3.05) is 33.2 Å². The van der Waals surface area contributed by atoms with Gasteiger partial charge in [0.25, 0.3) is 0 Å². The molecule has 2 fully saturated rings. The SMILES string of the molecule is CN1C(=O)CC(NCC2CCN(CC(F)(F)F)C2)C1=O. The number of rotatable bonds is 4. The van der Waals surface area contributed by atoms with Crippen LogP contribution in [0.1, 0.15) is 12.8 Å². The number of nitrogens with zero attached hydrogens (tertiary/aromatic N) is 2. The number of hydrogen-bond acceptors (Lipinski definition) is 4. The van der Waals surface area contributed by atoms with Crippen LogP contribution >= 0.6 is 0 Å². The minimum Gasteiger partial charge on any atom is -0.305 e. The summed E-state index contributed by atoms with van der Waals surface area (Å²) in [6, 6.07) is -0.524. The largest absolute Gasteiger partial charge is 0.401 e. The van der Waals surface area contributed by atoms with Gasteiger partial charge in [-0.25, -0.2) is 0 Å². The number of nitrogens with one attached hydrogen (secondary N) is 1. The van der Waals surface area contributed by atoms with Gasteiger partial charge in [0.2, 0.25) is 11.8 Å². The van der Waals surface area contributed by atoms with E-state index in [1.807, 2.05) is 0 Å². The fraction of sp³-hybridized carbons (Fsp3) is 0.833. The lowest BCUT2D eigenvalue weighted by atomic mass is 10.1. The molecule has 5 nitrogen and oxygen atoms in total. The summed E-state index contributed by atoms with van der Waals surface area (Å²) in [6.45, 7) is 0.374. The van der Waals surface area contributed by atoms with Gasteiger partial charge in [-0.2, -0.15) is 13.2 Å². The number of likely N-dealkylation sites (N-methyl/N-ethyl adjacent to an activating group) is 1. The van der Waals surface area contributed by atoms with Crippen LogP contribution in [0.5, 0.6) is 0 Å². The van der Waals surface area contributed by atoms with Crippen molar-refractivity contribution in [3.05, 3.63) is 0 Å². The highest BCUT2D eigenvalue weighted by molar-refractivity contribution is 6.05. The third-order valence-corrected chi connectivity index (χ3v) is 3.81. The second-order valence-corrected chi connectivity index (χ2v) is 5.46. The molecule has 8 heteroatoms. The summed E-state index contributed by atoms with van der Waals surface area (Å²) in [5, 5.41) is 3.00. The smallest absolute Gasteiger partial charge is 0.305 e. The Hall–Kier alpha value is -1.15. The maximum absolute atomic E-state index is 12.3. The lowest BCUT2D eigenvalue weighted by Gasteiger charge is -2.18. The van der Waals surface area contributed by atoms with Gasteiger partial charge in [0.15, 0.2) is 0 Å². The van der Waals surface area contributed by atoms with Crippen LogP contribution in [0.2, 0.25) is 0 Å². The number of carbonyl (C=O) groups is 2. The zero-order valence-electron chi connectivity index (χ0n) is 11.2. The predicted molar refractivity (Wildman–Crippen MR) is 64.8 cm³/mol. The Morgan fingerprint density at radius 1 is 1.35 bits per heavy atom. The molecule has 0 aliphatic carbocycles. The molecule has 0 radical (unpaired) electrons. The highest BCUT2D eigenvalue weighted by Crippen LogP contribution is 2.22. The Kier molecular flexibility index (Phi) is 4.33. The van der Waals surface area contributed by atoms with Gasteiger partial charge in [0, 0.05) is 13.6 Å². The number of carbonyl (C=O) groups excluding carboxylic acids is 2. The van der Waals surface area contributed by atoms with Crippen LogP contribution in [-0.2, 0) is 9.59 Å². The van der Waals surface area contributed by atoms with Crippen molar-refractivity contribution in [3.63, 3.8) is 0 Å². The number of amides is 2. The van der Waals surface area contributed by atoms with Crippen molar-refractivity contribution in [2.24, 2.45) is 5.92 Å². The lowest BCUT2D eigenvalue weighted by Crippen LogP contribution is -2.40. The van der Waals surface area contributed by atoms with E-state index in [4.69, 9.17) is 0 Å². The van der Waals surface area contributed by atoms with E-state index in [9.17, 15) is 22.8 Å². The minimum absolute atomic E-state index is 0.0890. The first-order valence-corrected chi connectivity index (χ1v) is 6.59. The van der Waals surface area contributed by atoms with Crippen LogP contribution in [0.25, 0.3) is 0 Å². The third-order valence-electron chi connectivity index (χ3n) is 3.81. The molecule has 2 unspecified atom stereocenters. The summed E-state index contributed by atoms with van der Waals surface area (Å²) >= 11 is 0. The summed E-state index contributed by atoms with van der Waals surface area (Å²) in [5.41, 5.74) is 0. The summed E-state index contributed by atoms with van der Waals surface area (Å²) in [5.74, 6) is -0.399. The fourth-order valence-electron chi connectivity index (χ4n) is 2.70. The lowest BCUT2D eigenvalue weighted by molar-refractivity contribution is -0.143. The predicted octanol–water partition coefficient (Wildman–Crippen LogP) is 0.218. The maximum Gasteiger partial charge on any atom is 0.401 e. The van der Waals surface area contributed by atoms with Gasteiger partial charge in [-0.15, -0.1) is 0 Å². The quantitative estimate of drug-likeness (QED) is 0.753. The zero-order valence-corrected chi connectivity index (χ0v) is 11.2. The second kappa shape index (κ2) is 5.69. The first-order chi connectivity index (χ1) is 9.26. The Morgan fingerprint density at radius 3 is 2.60 bits per heavy atom. The Morgan fingerprint density at radius 2 is 2.05 bits per heavy atom. The molecule has 2 amide bonds. The van der Waals surface area contributed by atoms with Crippen molar-refractivity contribution >= 4 is 11.8 Å². The number of halogens is 3. The fourth-order valence-corrected chi connectivity index (χ4v) is 2.70. The monoisotopic (exact) mass is 293 g/mol. The number of likely N-dealkylation sites (tertiary alicyclic amines) is 2. The van der Waals surface area contributed by atoms with Crippen molar-refractivity contribution in [1.29, 1.82) is 0 Å². The molecule has 0 aromatic carbocycles. The minimum atomic E-state index is -4.17. The van der Waals surface area contributed by atoms with E-state index in [0.29, 0.717) is 26.1 Å². The molecule has 0 bridgehead atoms. The first kappa shape index (κ1) is 15.2. The van der Waals surface area contributed by atoms with Gasteiger partial charge in [-0.05, 0) is 25.4 Å². The van der Waals surface area contributed by atoms with Crippen LogP contribution in [0.4, 0.5) is 13.2 Å². The third kappa shape index (κ3) is 3.69.